The van der Waals surface area contributed by atoms with Gasteiger partial charge < -0.3 is 33.9 Å². The standard InChI is InChI=1S/C29H32O8/c1-33-28(31)29(32)27(30)26(36-19-23-15-9-4-10-16-23)25(35-18-22-13-7-3-8-14-22)24(37-29)20-34-17-21-11-5-2-6-12-21/h2-16,24-27,30,32H,17-20H2,1H3/t24-,25-,26+,27-,29-/m1/s1. The Morgan fingerprint density at radius 1 is 0.784 bits per heavy atom. The minimum atomic E-state index is -2.66. The lowest BCUT2D eigenvalue weighted by Crippen LogP contribution is -2.69. The molecule has 1 heterocycles. The highest BCUT2D eigenvalue weighted by Crippen LogP contribution is 2.34. The summed E-state index contributed by atoms with van der Waals surface area (Å²) in [7, 11) is 1.11. The van der Waals surface area contributed by atoms with Gasteiger partial charge in [-0.3, -0.25) is 0 Å². The Bertz CT molecular complexity index is 1090. The third-order valence-corrected chi connectivity index (χ3v) is 6.18. The van der Waals surface area contributed by atoms with Gasteiger partial charge in [0.1, 0.15) is 24.4 Å². The molecule has 2 N–H and O–H groups in total. The maximum Gasteiger partial charge on any atom is 0.369 e. The van der Waals surface area contributed by atoms with Crippen LogP contribution in [0.2, 0.25) is 0 Å². The first-order valence-corrected chi connectivity index (χ1v) is 12.1. The molecule has 1 aliphatic rings. The van der Waals surface area contributed by atoms with Gasteiger partial charge in [0.2, 0.25) is 0 Å². The van der Waals surface area contributed by atoms with Gasteiger partial charge in [0, 0.05) is 0 Å². The molecule has 0 bridgehead atoms. The fourth-order valence-electron chi connectivity index (χ4n) is 4.21. The third kappa shape index (κ3) is 6.81. The summed E-state index contributed by atoms with van der Waals surface area (Å²) in [6, 6.07) is 28.4. The van der Waals surface area contributed by atoms with E-state index in [0.29, 0.717) is 0 Å². The number of aliphatic hydroxyl groups is 2. The van der Waals surface area contributed by atoms with Gasteiger partial charge in [-0.25, -0.2) is 4.79 Å². The van der Waals surface area contributed by atoms with E-state index in [1.807, 2.05) is 91.0 Å². The van der Waals surface area contributed by atoms with Crippen LogP contribution in [0.5, 0.6) is 0 Å². The van der Waals surface area contributed by atoms with Crippen molar-refractivity contribution in [1.82, 2.24) is 0 Å². The second-order valence-corrected chi connectivity index (χ2v) is 8.81. The minimum Gasteiger partial charge on any atom is -0.465 e. The smallest absolute Gasteiger partial charge is 0.369 e. The lowest BCUT2D eigenvalue weighted by Gasteiger charge is -2.47. The van der Waals surface area contributed by atoms with Gasteiger partial charge in [-0.2, -0.15) is 0 Å². The topological polar surface area (TPSA) is 104 Å². The second kappa shape index (κ2) is 12.9. The Balaban J connectivity index is 1.58. The van der Waals surface area contributed by atoms with Crippen molar-refractivity contribution < 1.29 is 38.7 Å². The molecule has 37 heavy (non-hydrogen) atoms. The van der Waals surface area contributed by atoms with E-state index in [4.69, 9.17) is 23.7 Å². The van der Waals surface area contributed by atoms with Gasteiger partial charge in [-0.15, -0.1) is 0 Å². The van der Waals surface area contributed by atoms with E-state index in [1.165, 1.54) is 0 Å². The molecular weight excluding hydrogens is 476 g/mol. The summed E-state index contributed by atoms with van der Waals surface area (Å²) in [6.45, 7) is 0.549. The van der Waals surface area contributed by atoms with Gasteiger partial charge in [0.05, 0.1) is 33.5 Å². The molecule has 1 fully saturated rings. The second-order valence-electron chi connectivity index (χ2n) is 8.81. The number of carbonyl (C=O) groups is 1. The molecule has 0 unspecified atom stereocenters. The van der Waals surface area contributed by atoms with Crippen molar-refractivity contribution in [2.45, 2.75) is 50.0 Å². The fourth-order valence-corrected chi connectivity index (χ4v) is 4.21. The van der Waals surface area contributed by atoms with Gasteiger partial charge in [-0.05, 0) is 16.7 Å². The highest BCUT2D eigenvalue weighted by Gasteiger charge is 2.60. The molecule has 0 radical (unpaired) electrons. The van der Waals surface area contributed by atoms with E-state index in [0.717, 1.165) is 23.8 Å². The Hall–Kier alpha value is -3.11. The van der Waals surface area contributed by atoms with Crippen LogP contribution in [0.25, 0.3) is 0 Å². The summed E-state index contributed by atoms with van der Waals surface area (Å²) >= 11 is 0. The zero-order valence-corrected chi connectivity index (χ0v) is 20.6. The molecule has 0 saturated carbocycles. The van der Waals surface area contributed by atoms with Crippen molar-refractivity contribution in [2.75, 3.05) is 13.7 Å². The number of aliphatic hydroxyl groups excluding tert-OH is 1. The van der Waals surface area contributed by atoms with Crippen molar-refractivity contribution in [3.8, 4) is 0 Å². The molecule has 1 saturated heterocycles. The first kappa shape index (κ1) is 26.9. The molecule has 0 spiro atoms. The number of methoxy groups -OCH3 is 1. The van der Waals surface area contributed by atoms with Crippen LogP contribution in [0.3, 0.4) is 0 Å². The van der Waals surface area contributed by atoms with Gasteiger partial charge in [0.25, 0.3) is 5.79 Å². The highest BCUT2D eigenvalue weighted by atomic mass is 16.7. The third-order valence-electron chi connectivity index (χ3n) is 6.18. The monoisotopic (exact) mass is 508 g/mol. The lowest BCUT2D eigenvalue weighted by molar-refractivity contribution is -0.351. The van der Waals surface area contributed by atoms with E-state index in [1.54, 1.807) is 0 Å². The molecule has 4 rings (SSSR count). The van der Waals surface area contributed by atoms with Crippen LogP contribution in [0.15, 0.2) is 91.0 Å². The van der Waals surface area contributed by atoms with Crippen LogP contribution in [-0.4, -0.2) is 60.1 Å². The Morgan fingerprint density at radius 3 is 1.73 bits per heavy atom. The van der Waals surface area contributed by atoms with E-state index in [-0.39, 0.29) is 26.4 Å². The Morgan fingerprint density at radius 2 is 1.24 bits per heavy atom. The minimum absolute atomic E-state index is 0.0361. The van der Waals surface area contributed by atoms with Crippen molar-refractivity contribution in [2.24, 2.45) is 0 Å². The molecule has 0 aromatic heterocycles. The van der Waals surface area contributed by atoms with Crippen LogP contribution in [-0.2, 0) is 48.3 Å². The summed E-state index contributed by atoms with van der Waals surface area (Å²) < 4.78 is 28.7. The Labute approximate surface area is 216 Å². The van der Waals surface area contributed by atoms with E-state index < -0.39 is 36.2 Å². The van der Waals surface area contributed by atoms with E-state index >= 15 is 0 Å². The van der Waals surface area contributed by atoms with Crippen molar-refractivity contribution in [3.05, 3.63) is 108 Å². The van der Waals surface area contributed by atoms with Crippen LogP contribution in [0, 0.1) is 0 Å². The number of hydrogen-bond donors (Lipinski definition) is 2. The van der Waals surface area contributed by atoms with Gasteiger partial charge >= 0.3 is 5.97 Å². The molecule has 3 aromatic rings. The summed E-state index contributed by atoms with van der Waals surface area (Å²) in [6.07, 6.45) is -4.75. The molecule has 196 valence electrons. The van der Waals surface area contributed by atoms with Gasteiger partial charge in [-0.1, -0.05) is 91.0 Å². The maximum absolute atomic E-state index is 12.6. The van der Waals surface area contributed by atoms with Crippen LogP contribution in [0.1, 0.15) is 16.7 Å². The maximum atomic E-state index is 12.6. The first-order chi connectivity index (χ1) is 18.0. The SMILES string of the molecule is COC(=O)[C@]1(O)O[C@H](COCc2ccccc2)[C@@H](OCc2ccccc2)[C@H](OCc2ccccc2)[C@H]1O. The molecule has 3 aromatic carbocycles. The number of carbonyl (C=O) groups excluding carboxylic acids is 1. The summed E-state index contributed by atoms with van der Waals surface area (Å²) in [5, 5.41) is 22.3. The highest BCUT2D eigenvalue weighted by molar-refractivity contribution is 5.78. The summed E-state index contributed by atoms with van der Waals surface area (Å²) in [5.41, 5.74) is 2.69. The van der Waals surface area contributed by atoms with Gasteiger partial charge in [0.15, 0.2) is 0 Å². The van der Waals surface area contributed by atoms with Crippen molar-refractivity contribution >= 4 is 5.97 Å². The predicted octanol–water partition coefficient (Wildman–Crippen LogP) is 3.00. The molecule has 8 nitrogen and oxygen atoms in total. The molecular formula is C29H32O8. The largest absolute Gasteiger partial charge is 0.465 e. The van der Waals surface area contributed by atoms with Crippen molar-refractivity contribution in [1.29, 1.82) is 0 Å². The van der Waals surface area contributed by atoms with Crippen molar-refractivity contribution in [3.63, 3.8) is 0 Å². The first-order valence-electron chi connectivity index (χ1n) is 12.1. The molecule has 0 aliphatic carbocycles. The number of benzene rings is 3. The Kier molecular flexibility index (Phi) is 9.40. The quantitative estimate of drug-likeness (QED) is 0.381. The number of rotatable bonds is 11. The molecule has 8 heteroatoms. The molecule has 1 aliphatic heterocycles. The summed E-state index contributed by atoms with van der Waals surface area (Å²) in [5.74, 6) is -3.80. The number of esters is 1. The number of hydrogen-bond acceptors (Lipinski definition) is 8. The predicted molar refractivity (Wildman–Crippen MR) is 134 cm³/mol. The van der Waals surface area contributed by atoms with E-state index in [2.05, 4.69) is 0 Å². The molecule has 0 amide bonds. The zero-order valence-electron chi connectivity index (χ0n) is 20.6. The number of ether oxygens (including phenoxy) is 5. The van der Waals surface area contributed by atoms with Crippen LogP contribution >= 0.6 is 0 Å². The summed E-state index contributed by atoms with van der Waals surface area (Å²) in [4.78, 5) is 12.6. The zero-order chi connectivity index (χ0) is 26.1. The fraction of sp³-hybridized carbons (Fsp3) is 0.345. The van der Waals surface area contributed by atoms with Crippen LogP contribution in [0.4, 0.5) is 0 Å². The van der Waals surface area contributed by atoms with E-state index in [9.17, 15) is 15.0 Å². The van der Waals surface area contributed by atoms with Crippen LogP contribution < -0.4 is 0 Å². The average Bonchev–Trinajstić information content (AvgIpc) is 2.94. The normalized spacial score (nSPS) is 25.5. The molecule has 5 atom stereocenters. The average molecular weight is 509 g/mol. The lowest BCUT2D eigenvalue weighted by atomic mass is 9.92.